The van der Waals surface area contributed by atoms with Crippen molar-refractivity contribution in [2.45, 2.75) is 0 Å². The highest BCUT2D eigenvalue weighted by Crippen LogP contribution is 2.23. The van der Waals surface area contributed by atoms with Crippen molar-refractivity contribution in [1.82, 2.24) is 0 Å². The number of amides is 1. The summed E-state index contributed by atoms with van der Waals surface area (Å²) in [6.07, 6.45) is 0. The molecule has 0 radical (unpaired) electrons. The zero-order valence-corrected chi connectivity index (χ0v) is 14.1. The van der Waals surface area contributed by atoms with E-state index in [1.807, 2.05) is 42.5 Å². The highest BCUT2D eigenvalue weighted by Gasteiger charge is 2.09. The molecule has 0 unspecified atom stereocenters. The van der Waals surface area contributed by atoms with Crippen LogP contribution in [0.2, 0.25) is 0 Å². The maximum absolute atomic E-state index is 12.5. The predicted octanol–water partition coefficient (Wildman–Crippen LogP) is 4.31. The number of carboxylic acid groups (broad SMARTS) is 1. The van der Waals surface area contributed by atoms with Gasteiger partial charge >= 0.3 is 5.97 Å². The van der Waals surface area contributed by atoms with Gasteiger partial charge in [0.1, 0.15) is 5.75 Å². The molecule has 0 aliphatic heterocycles. The van der Waals surface area contributed by atoms with Crippen molar-refractivity contribution in [2.24, 2.45) is 0 Å². The van der Waals surface area contributed by atoms with Crippen molar-refractivity contribution in [3.05, 3.63) is 83.9 Å². The molecule has 1 amide bonds. The number of carbonyl (C=O) groups excluding carboxylic acids is 1. The second kappa shape index (κ2) is 7.53. The predicted molar refractivity (Wildman–Crippen MR) is 99.8 cm³/mol. The second-order valence-corrected chi connectivity index (χ2v) is 5.65. The zero-order chi connectivity index (χ0) is 18.5. The Morgan fingerprint density at radius 1 is 0.846 bits per heavy atom. The van der Waals surface area contributed by atoms with Crippen molar-refractivity contribution in [1.29, 1.82) is 0 Å². The van der Waals surface area contributed by atoms with E-state index in [2.05, 4.69) is 5.32 Å². The van der Waals surface area contributed by atoms with Crippen LogP contribution in [0.3, 0.4) is 0 Å². The van der Waals surface area contributed by atoms with Gasteiger partial charge in [-0.1, -0.05) is 24.3 Å². The Morgan fingerprint density at radius 3 is 2.15 bits per heavy atom. The molecule has 26 heavy (non-hydrogen) atoms. The minimum absolute atomic E-state index is 0.171. The lowest BCUT2D eigenvalue weighted by Crippen LogP contribution is -2.12. The SMILES string of the molecule is COc1ccc(-c2cccc(C(=O)Nc3ccc(C(=O)O)cc3)c2)cc1. The number of hydrogen-bond acceptors (Lipinski definition) is 3. The number of nitrogens with one attached hydrogen (secondary N) is 1. The third-order valence-electron chi connectivity index (χ3n) is 3.94. The molecule has 0 atom stereocenters. The summed E-state index contributed by atoms with van der Waals surface area (Å²) in [6.45, 7) is 0. The summed E-state index contributed by atoms with van der Waals surface area (Å²) in [4.78, 5) is 23.3. The first kappa shape index (κ1) is 17.2. The zero-order valence-electron chi connectivity index (χ0n) is 14.1. The normalized spacial score (nSPS) is 10.2. The molecule has 0 aromatic heterocycles. The third kappa shape index (κ3) is 3.89. The van der Waals surface area contributed by atoms with Crippen LogP contribution in [0.4, 0.5) is 5.69 Å². The Bertz CT molecular complexity index is 931. The highest BCUT2D eigenvalue weighted by atomic mass is 16.5. The summed E-state index contributed by atoms with van der Waals surface area (Å²) in [6, 6.07) is 20.9. The minimum atomic E-state index is -1.00. The van der Waals surface area contributed by atoms with Crippen LogP contribution >= 0.6 is 0 Å². The summed E-state index contributed by atoms with van der Waals surface area (Å²) in [5, 5.41) is 11.7. The molecule has 3 aromatic rings. The fraction of sp³-hybridized carbons (Fsp3) is 0.0476. The number of carboxylic acids is 1. The lowest BCUT2D eigenvalue weighted by Gasteiger charge is -2.08. The van der Waals surface area contributed by atoms with E-state index in [4.69, 9.17) is 9.84 Å². The number of aromatic carboxylic acids is 1. The summed E-state index contributed by atoms with van der Waals surface area (Å²) < 4.78 is 5.16. The maximum Gasteiger partial charge on any atom is 0.335 e. The third-order valence-corrected chi connectivity index (χ3v) is 3.94. The Hall–Kier alpha value is -3.60. The van der Waals surface area contributed by atoms with E-state index in [9.17, 15) is 9.59 Å². The van der Waals surface area contributed by atoms with E-state index in [1.165, 1.54) is 12.1 Å². The minimum Gasteiger partial charge on any atom is -0.497 e. The summed E-state index contributed by atoms with van der Waals surface area (Å²) in [5.41, 5.74) is 3.12. The molecule has 130 valence electrons. The van der Waals surface area contributed by atoms with Crippen LogP contribution in [-0.4, -0.2) is 24.1 Å². The molecular formula is C21H17NO4. The molecule has 0 spiro atoms. The monoisotopic (exact) mass is 347 g/mol. The molecule has 0 saturated heterocycles. The molecule has 0 bridgehead atoms. The maximum atomic E-state index is 12.5. The van der Waals surface area contributed by atoms with Crippen LogP contribution in [0.5, 0.6) is 5.75 Å². The number of anilines is 1. The van der Waals surface area contributed by atoms with Gasteiger partial charge in [-0.25, -0.2) is 4.79 Å². The number of hydrogen-bond donors (Lipinski definition) is 2. The van der Waals surface area contributed by atoms with E-state index in [-0.39, 0.29) is 11.5 Å². The molecule has 0 aliphatic carbocycles. The quantitative estimate of drug-likeness (QED) is 0.721. The van der Waals surface area contributed by atoms with Gasteiger partial charge < -0.3 is 15.2 Å². The lowest BCUT2D eigenvalue weighted by atomic mass is 10.0. The molecule has 3 aromatic carbocycles. The van der Waals surface area contributed by atoms with Crippen LogP contribution in [0.1, 0.15) is 20.7 Å². The Labute approximate surface area is 150 Å². The molecule has 0 fully saturated rings. The fourth-order valence-corrected chi connectivity index (χ4v) is 2.52. The van der Waals surface area contributed by atoms with Crippen molar-refractivity contribution in [3.63, 3.8) is 0 Å². The number of benzene rings is 3. The molecule has 5 heteroatoms. The van der Waals surface area contributed by atoms with Crippen molar-refractivity contribution in [3.8, 4) is 16.9 Å². The first-order chi connectivity index (χ1) is 12.6. The second-order valence-electron chi connectivity index (χ2n) is 5.65. The van der Waals surface area contributed by atoms with E-state index in [1.54, 1.807) is 25.3 Å². The Balaban J connectivity index is 1.78. The van der Waals surface area contributed by atoms with Gasteiger partial charge in [-0.2, -0.15) is 0 Å². The van der Waals surface area contributed by atoms with E-state index in [0.29, 0.717) is 11.3 Å². The van der Waals surface area contributed by atoms with Crippen LogP contribution in [-0.2, 0) is 0 Å². The fourth-order valence-electron chi connectivity index (χ4n) is 2.52. The largest absolute Gasteiger partial charge is 0.497 e. The van der Waals surface area contributed by atoms with Gasteiger partial charge in [-0.3, -0.25) is 4.79 Å². The van der Waals surface area contributed by atoms with Gasteiger partial charge in [0.05, 0.1) is 12.7 Å². The molecule has 2 N–H and O–H groups in total. The first-order valence-electron chi connectivity index (χ1n) is 7.96. The van der Waals surface area contributed by atoms with Crippen LogP contribution in [0, 0.1) is 0 Å². The van der Waals surface area contributed by atoms with Gasteiger partial charge in [0.25, 0.3) is 5.91 Å². The van der Waals surface area contributed by atoms with Crippen molar-refractivity contribution in [2.75, 3.05) is 12.4 Å². The Morgan fingerprint density at radius 2 is 1.54 bits per heavy atom. The van der Waals surface area contributed by atoms with Crippen LogP contribution in [0.15, 0.2) is 72.8 Å². The van der Waals surface area contributed by atoms with Crippen LogP contribution in [0.25, 0.3) is 11.1 Å². The van der Waals surface area contributed by atoms with Crippen LogP contribution < -0.4 is 10.1 Å². The van der Waals surface area contributed by atoms with Crippen molar-refractivity contribution < 1.29 is 19.4 Å². The molecule has 0 aliphatic rings. The first-order valence-corrected chi connectivity index (χ1v) is 7.96. The molecule has 5 nitrogen and oxygen atoms in total. The summed E-state index contributed by atoms with van der Waals surface area (Å²) in [7, 11) is 1.61. The Kier molecular flexibility index (Phi) is 4.99. The topological polar surface area (TPSA) is 75.6 Å². The smallest absolute Gasteiger partial charge is 0.335 e. The molecule has 0 heterocycles. The summed E-state index contributed by atoms with van der Waals surface area (Å²) in [5.74, 6) is -0.494. The van der Waals surface area contributed by atoms with Gasteiger partial charge in [0, 0.05) is 11.3 Å². The average Bonchev–Trinajstić information content (AvgIpc) is 2.68. The molecule has 0 saturated carbocycles. The average molecular weight is 347 g/mol. The van der Waals surface area contributed by atoms with Gasteiger partial charge in [0.15, 0.2) is 0 Å². The molecule has 3 rings (SSSR count). The summed E-state index contributed by atoms with van der Waals surface area (Å²) >= 11 is 0. The van der Waals surface area contributed by atoms with E-state index >= 15 is 0 Å². The standard InChI is InChI=1S/C21H17NO4/c1-26-19-11-7-14(8-12-19)16-3-2-4-17(13-16)20(23)22-18-9-5-15(6-10-18)21(24)25/h2-13H,1H3,(H,22,23)(H,24,25). The van der Waals surface area contributed by atoms with Gasteiger partial charge in [-0.15, -0.1) is 0 Å². The number of methoxy groups -OCH3 is 1. The van der Waals surface area contributed by atoms with Crippen molar-refractivity contribution >= 4 is 17.6 Å². The van der Waals surface area contributed by atoms with Gasteiger partial charge in [0.2, 0.25) is 0 Å². The molecular weight excluding hydrogens is 330 g/mol. The number of carbonyl (C=O) groups is 2. The highest BCUT2D eigenvalue weighted by molar-refractivity contribution is 6.05. The van der Waals surface area contributed by atoms with E-state index in [0.717, 1.165) is 16.9 Å². The number of rotatable bonds is 5. The van der Waals surface area contributed by atoms with E-state index < -0.39 is 5.97 Å². The lowest BCUT2D eigenvalue weighted by molar-refractivity contribution is 0.0696. The van der Waals surface area contributed by atoms with Gasteiger partial charge in [-0.05, 0) is 59.7 Å². The number of ether oxygens (including phenoxy) is 1.